The zero-order chi connectivity index (χ0) is 13.0. The summed E-state index contributed by atoms with van der Waals surface area (Å²) in [5.74, 6) is 0. The maximum atomic E-state index is 10.2. The van der Waals surface area contributed by atoms with E-state index in [-0.39, 0.29) is 0 Å². The van der Waals surface area contributed by atoms with Crippen molar-refractivity contribution in [1.82, 2.24) is 19.6 Å². The predicted octanol–water partition coefficient (Wildman–Crippen LogP) is 1.69. The molecule has 0 aromatic carbocycles. The Kier molecular flexibility index (Phi) is 4.15. The molecule has 2 rings (SSSR count). The Morgan fingerprint density at radius 2 is 2.06 bits per heavy atom. The van der Waals surface area contributed by atoms with E-state index in [1.807, 2.05) is 28.5 Å². The van der Waals surface area contributed by atoms with E-state index < -0.39 is 6.10 Å². The fourth-order valence-corrected chi connectivity index (χ4v) is 2.10. The van der Waals surface area contributed by atoms with Gasteiger partial charge in [0.2, 0.25) is 0 Å². The fourth-order valence-electron chi connectivity index (χ4n) is 2.10. The molecule has 0 amide bonds. The van der Waals surface area contributed by atoms with Crippen LogP contribution in [0, 0.1) is 0 Å². The number of aromatic nitrogens is 4. The summed E-state index contributed by atoms with van der Waals surface area (Å²) in [6.07, 6.45) is 5.59. The quantitative estimate of drug-likeness (QED) is 0.846. The molecule has 1 N–H and O–H groups in total. The monoisotopic (exact) mass is 248 g/mol. The molecule has 0 aliphatic rings. The lowest BCUT2D eigenvalue weighted by Gasteiger charge is -2.13. The van der Waals surface area contributed by atoms with Crippen LogP contribution in [0.2, 0.25) is 0 Å². The van der Waals surface area contributed by atoms with Crippen LogP contribution in [-0.4, -0.2) is 24.7 Å². The second-order valence-electron chi connectivity index (χ2n) is 4.48. The SMILES string of the molecule is CCCn1nccc1C(O)CCc1ccnn1C. The van der Waals surface area contributed by atoms with Gasteiger partial charge in [-0.05, 0) is 31.4 Å². The van der Waals surface area contributed by atoms with Gasteiger partial charge in [0.15, 0.2) is 0 Å². The van der Waals surface area contributed by atoms with Gasteiger partial charge in [-0.25, -0.2) is 0 Å². The largest absolute Gasteiger partial charge is 0.387 e. The molecule has 0 radical (unpaired) electrons. The predicted molar refractivity (Wildman–Crippen MR) is 69.0 cm³/mol. The number of nitrogens with zero attached hydrogens (tertiary/aromatic N) is 4. The molecule has 0 saturated carbocycles. The minimum absolute atomic E-state index is 0.464. The maximum Gasteiger partial charge on any atom is 0.0960 e. The van der Waals surface area contributed by atoms with Crippen LogP contribution < -0.4 is 0 Å². The Morgan fingerprint density at radius 1 is 1.28 bits per heavy atom. The number of hydrogen-bond acceptors (Lipinski definition) is 3. The normalized spacial score (nSPS) is 12.8. The Balaban J connectivity index is 1.97. The van der Waals surface area contributed by atoms with E-state index in [2.05, 4.69) is 17.1 Å². The highest BCUT2D eigenvalue weighted by atomic mass is 16.3. The Hall–Kier alpha value is -1.62. The molecule has 98 valence electrons. The third-order valence-corrected chi connectivity index (χ3v) is 3.12. The van der Waals surface area contributed by atoms with Crippen LogP contribution in [-0.2, 0) is 20.0 Å². The summed E-state index contributed by atoms with van der Waals surface area (Å²) in [6.45, 7) is 2.96. The molecule has 0 spiro atoms. The molecule has 5 nitrogen and oxygen atoms in total. The summed E-state index contributed by atoms with van der Waals surface area (Å²) < 4.78 is 3.73. The van der Waals surface area contributed by atoms with Gasteiger partial charge in [0.1, 0.15) is 0 Å². The summed E-state index contributed by atoms with van der Waals surface area (Å²) in [7, 11) is 1.92. The molecule has 0 aliphatic carbocycles. The molecule has 0 fully saturated rings. The van der Waals surface area contributed by atoms with Crippen molar-refractivity contribution in [3.63, 3.8) is 0 Å². The summed E-state index contributed by atoms with van der Waals surface area (Å²) in [5.41, 5.74) is 2.04. The van der Waals surface area contributed by atoms with E-state index in [4.69, 9.17) is 0 Å². The lowest BCUT2D eigenvalue weighted by molar-refractivity contribution is 0.155. The summed E-state index contributed by atoms with van der Waals surface area (Å²) in [5, 5.41) is 18.6. The first-order valence-electron chi connectivity index (χ1n) is 6.39. The van der Waals surface area contributed by atoms with Crippen molar-refractivity contribution in [2.24, 2.45) is 7.05 Å². The lowest BCUT2D eigenvalue weighted by Crippen LogP contribution is -2.10. The van der Waals surface area contributed by atoms with Gasteiger partial charge in [-0.3, -0.25) is 9.36 Å². The lowest BCUT2D eigenvalue weighted by atomic mass is 10.1. The number of aryl methyl sites for hydroxylation is 3. The fraction of sp³-hybridized carbons (Fsp3) is 0.538. The Bertz CT molecular complexity index is 489. The van der Waals surface area contributed by atoms with E-state index in [1.54, 1.807) is 12.4 Å². The zero-order valence-corrected chi connectivity index (χ0v) is 11.0. The van der Waals surface area contributed by atoms with Crippen molar-refractivity contribution in [2.45, 2.75) is 38.8 Å². The van der Waals surface area contributed by atoms with Gasteiger partial charge in [0.25, 0.3) is 0 Å². The van der Waals surface area contributed by atoms with Crippen molar-refractivity contribution < 1.29 is 5.11 Å². The van der Waals surface area contributed by atoms with Gasteiger partial charge in [-0.1, -0.05) is 6.92 Å². The second-order valence-corrected chi connectivity index (χ2v) is 4.48. The van der Waals surface area contributed by atoms with E-state index >= 15 is 0 Å². The average molecular weight is 248 g/mol. The van der Waals surface area contributed by atoms with Crippen molar-refractivity contribution in [2.75, 3.05) is 0 Å². The topological polar surface area (TPSA) is 55.9 Å². The van der Waals surface area contributed by atoms with Crippen LogP contribution in [0.1, 0.15) is 37.3 Å². The van der Waals surface area contributed by atoms with Gasteiger partial charge in [0.05, 0.1) is 11.8 Å². The number of aliphatic hydroxyl groups is 1. The maximum absolute atomic E-state index is 10.2. The van der Waals surface area contributed by atoms with Crippen LogP contribution in [0.4, 0.5) is 0 Å². The zero-order valence-electron chi connectivity index (χ0n) is 11.0. The average Bonchev–Trinajstić information content (AvgIpc) is 2.96. The standard InChI is InChI=1S/C13H20N4O/c1-3-10-17-12(7-9-15-17)13(18)5-4-11-6-8-14-16(11)2/h6-9,13,18H,3-5,10H2,1-2H3. The van der Waals surface area contributed by atoms with Crippen LogP contribution >= 0.6 is 0 Å². The summed E-state index contributed by atoms with van der Waals surface area (Å²) in [4.78, 5) is 0. The molecule has 0 bridgehead atoms. The van der Waals surface area contributed by atoms with Crippen LogP contribution in [0.25, 0.3) is 0 Å². The first-order chi connectivity index (χ1) is 8.72. The van der Waals surface area contributed by atoms with E-state index in [0.29, 0.717) is 6.42 Å². The minimum atomic E-state index is -0.464. The minimum Gasteiger partial charge on any atom is -0.387 e. The third-order valence-electron chi connectivity index (χ3n) is 3.12. The first-order valence-corrected chi connectivity index (χ1v) is 6.39. The van der Waals surface area contributed by atoms with Crippen LogP contribution in [0.5, 0.6) is 0 Å². The molecular formula is C13H20N4O. The molecule has 1 atom stereocenters. The summed E-state index contributed by atoms with van der Waals surface area (Å²) >= 11 is 0. The second kappa shape index (κ2) is 5.82. The van der Waals surface area contributed by atoms with E-state index in [0.717, 1.165) is 30.8 Å². The van der Waals surface area contributed by atoms with Crippen molar-refractivity contribution >= 4 is 0 Å². The molecule has 0 saturated heterocycles. The molecular weight excluding hydrogens is 228 g/mol. The highest BCUT2D eigenvalue weighted by molar-refractivity contribution is 5.06. The van der Waals surface area contributed by atoms with Gasteiger partial charge in [-0.2, -0.15) is 10.2 Å². The number of rotatable bonds is 6. The molecule has 2 aromatic heterocycles. The van der Waals surface area contributed by atoms with Crippen molar-refractivity contribution in [3.8, 4) is 0 Å². The van der Waals surface area contributed by atoms with Gasteiger partial charge in [0, 0.05) is 31.7 Å². The van der Waals surface area contributed by atoms with E-state index in [1.165, 1.54) is 0 Å². The number of aliphatic hydroxyl groups excluding tert-OH is 1. The Labute approximate surface area is 107 Å². The number of hydrogen-bond donors (Lipinski definition) is 1. The highest BCUT2D eigenvalue weighted by Gasteiger charge is 2.13. The smallest absolute Gasteiger partial charge is 0.0960 e. The van der Waals surface area contributed by atoms with Crippen LogP contribution in [0.15, 0.2) is 24.5 Å². The third kappa shape index (κ3) is 2.79. The molecule has 18 heavy (non-hydrogen) atoms. The molecule has 2 heterocycles. The summed E-state index contributed by atoms with van der Waals surface area (Å²) in [6, 6.07) is 3.87. The molecule has 1 unspecified atom stereocenters. The van der Waals surface area contributed by atoms with Gasteiger partial charge < -0.3 is 5.11 Å². The van der Waals surface area contributed by atoms with Gasteiger partial charge >= 0.3 is 0 Å². The van der Waals surface area contributed by atoms with Gasteiger partial charge in [-0.15, -0.1) is 0 Å². The first kappa shape index (κ1) is 12.8. The highest BCUT2D eigenvalue weighted by Crippen LogP contribution is 2.18. The Morgan fingerprint density at radius 3 is 2.72 bits per heavy atom. The van der Waals surface area contributed by atoms with Crippen LogP contribution in [0.3, 0.4) is 0 Å². The van der Waals surface area contributed by atoms with Crippen molar-refractivity contribution in [1.29, 1.82) is 0 Å². The molecule has 0 aliphatic heterocycles. The molecule has 2 aromatic rings. The van der Waals surface area contributed by atoms with Crippen molar-refractivity contribution in [3.05, 3.63) is 35.9 Å². The molecule has 5 heteroatoms. The van der Waals surface area contributed by atoms with E-state index in [9.17, 15) is 5.11 Å².